The van der Waals surface area contributed by atoms with E-state index in [1.165, 1.54) is 7.11 Å². The molecule has 0 unspecified atom stereocenters. The molecule has 2 aromatic rings. The van der Waals surface area contributed by atoms with Crippen LogP contribution in [0.15, 0.2) is 48.5 Å². The summed E-state index contributed by atoms with van der Waals surface area (Å²) in [4.78, 5) is 24.3. The van der Waals surface area contributed by atoms with Crippen molar-refractivity contribution in [3.8, 4) is 5.75 Å². The maximum Gasteiger partial charge on any atom is 0.328 e. The first-order chi connectivity index (χ1) is 11.5. The van der Waals surface area contributed by atoms with Crippen LogP contribution in [0.25, 0.3) is 0 Å². The molecule has 0 saturated heterocycles. The first-order valence-electron chi connectivity index (χ1n) is 7.30. The van der Waals surface area contributed by atoms with Crippen LogP contribution in [0, 0.1) is 0 Å². The summed E-state index contributed by atoms with van der Waals surface area (Å²) in [5.74, 6) is -0.203. The lowest BCUT2D eigenvalue weighted by atomic mass is 10.0. The minimum atomic E-state index is -0.801. The van der Waals surface area contributed by atoms with Crippen molar-refractivity contribution in [1.29, 1.82) is 0 Å². The Morgan fingerprint density at radius 1 is 1.12 bits per heavy atom. The Bertz CT molecular complexity index is 715. The number of benzene rings is 2. The summed E-state index contributed by atoms with van der Waals surface area (Å²) in [6.07, 6.45) is 0.295. The van der Waals surface area contributed by atoms with Gasteiger partial charge in [0, 0.05) is 17.0 Å². The maximum atomic E-state index is 12.3. The van der Waals surface area contributed by atoms with Gasteiger partial charge in [0.15, 0.2) is 0 Å². The summed E-state index contributed by atoms with van der Waals surface area (Å²) in [5.41, 5.74) is 1.26. The van der Waals surface area contributed by atoms with Gasteiger partial charge in [-0.1, -0.05) is 23.7 Å². The second kappa shape index (κ2) is 8.36. The number of nitrogens with one attached hydrogen (secondary N) is 1. The summed E-state index contributed by atoms with van der Waals surface area (Å²) >= 11 is 5.81. The molecule has 0 aliphatic rings. The highest BCUT2D eigenvalue weighted by Gasteiger charge is 2.22. The van der Waals surface area contributed by atoms with E-state index in [0.29, 0.717) is 22.8 Å². The maximum absolute atomic E-state index is 12.3. The molecule has 0 spiro atoms. The van der Waals surface area contributed by atoms with Gasteiger partial charge in [-0.25, -0.2) is 4.79 Å². The van der Waals surface area contributed by atoms with Gasteiger partial charge in [0.05, 0.1) is 14.2 Å². The molecule has 2 rings (SSSR count). The van der Waals surface area contributed by atoms with E-state index < -0.39 is 12.0 Å². The number of amides is 1. The molecule has 2 aromatic carbocycles. The second-order valence-electron chi connectivity index (χ2n) is 5.11. The molecule has 0 saturated carbocycles. The van der Waals surface area contributed by atoms with Crippen LogP contribution in [-0.2, 0) is 16.0 Å². The van der Waals surface area contributed by atoms with E-state index in [4.69, 9.17) is 21.1 Å². The predicted molar refractivity (Wildman–Crippen MR) is 91.4 cm³/mol. The van der Waals surface area contributed by atoms with Crippen molar-refractivity contribution in [2.24, 2.45) is 0 Å². The summed E-state index contributed by atoms with van der Waals surface area (Å²) in [7, 11) is 2.86. The van der Waals surface area contributed by atoms with Gasteiger partial charge in [-0.15, -0.1) is 0 Å². The standard InChI is InChI=1S/C18H18ClNO4/c1-23-15-5-3-4-12(10-15)11-16(18(22)24-2)20-17(21)13-6-8-14(19)9-7-13/h3-10,16H,11H2,1-2H3,(H,20,21)/t16-/m0/s1. The summed E-state index contributed by atoms with van der Waals surface area (Å²) in [5, 5.41) is 3.23. The molecule has 0 radical (unpaired) electrons. The molecule has 1 N–H and O–H groups in total. The van der Waals surface area contributed by atoms with Crippen LogP contribution >= 0.6 is 11.6 Å². The lowest BCUT2D eigenvalue weighted by molar-refractivity contribution is -0.142. The van der Waals surface area contributed by atoms with Gasteiger partial charge < -0.3 is 14.8 Å². The van der Waals surface area contributed by atoms with Crippen molar-refractivity contribution in [2.75, 3.05) is 14.2 Å². The lowest BCUT2D eigenvalue weighted by Crippen LogP contribution is -2.43. The largest absolute Gasteiger partial charge is 0.497 e. The van der Waals surface area contributed by atoms with Crippen LogP contribution in [-0.4, -0.2) is 32.1 Å². The molecule has 0 aliphatic heterocycles. The third kappa shape index (κ3) is 4.73. The van der Waals surface area contributed by atoms with Crippen molar-refractivity contribution in [1.82, 2.24) is 5.32 Å². The fourth-order valence-corrected chi connectivity index (χ4v) is 2.34. The monoisotopic (exact) mass is 347 g/mol. The van der Waals surface area contributed by atoms with Gasteiger partial charge in [0.2, 0.25) is 0 Å². The normalized spacial score (nSPS) is 11.5. The molecule has 126 valence electrons. The fraction of sp³-hybridized carbons (Fsp3) is 0.222. The smallest absolute Gasteiger partial charge is 0.328 e. The Morgan fingerprint density at radius 3 is 2.46 bits per heavy atom. The molecule has 5 nitrogen and oxygen atoms in total. The minimum absolute atomic E-state index is 0.295. The quantitative estimate of drug-likeness (QED) is 0.816. The number of hydrogen-bond acceptors (Lipinski definition) is 4. The van der Waals surface area contributed by atoms with Crippen LogP contribution in [0.4, 0.5) is 0 Å². The number of methoxy groups -OCH3 is 2. The van der Waals surface area contributed by atoms with Gasteiger partial charge in [0.25, 0.3) is 5.91 Å². The highest BCUT2D eigenvalue weighted by molar-refractivity contribution is 6.30. The molecule has 0 fully saturated rings. The van der Waals surface area contributed by atoms with Crippen LogP contribution in [0.5, 0.6) is 5.75 Å². The van der Waals surface area contributed by atoms with Crippen molar-refractivity contribution >= 4 is 23.5 Å². The van der Waals surface area contributed by atoms with Crippen molar-refractivity contribution in [3.05, 3.63) is 64.7 Å². The predicted octanol–water partition coefficient (Wildman–Crippen LogP) is 2.86. The first-order valence-corrected chi connectivity index (χ1v) is 7.68. The third-order valence-electron chi connectivity index (χ3n) is 3.47. The number of carbonyl (C=O) groups excluding carboxylic acids is 2. The molecule has 6 heteroatoms. The Balaban J connectivity index is 2.14. The highest BCUT2D eigenvalue weighted by atomic mass is 35.5. The van der Waals surface area contributed by atoms with Gasteiger partial charge in [-0.3, -0.25) is 4.79 Å². The van der Waals surface area contributed by atoms with E-state index in [1.807, 2.05) is 24.3 Å². The van der Waals surface area contributed by atoms with Crippen LogP contribution < -0.4 is 10.1 Å². The summed E-state index contributed by atoms with van der Waals surface area (Å²) in [6, 6.07) is 12.9. The number of carbonyl (C=O) groups is 2. The molecular formula is C18H18ClNO4. The SMILES string of the molecule is COC(=O)[C@H](Cc1cccc(OC)c1)NC(=O)c1ccc(Cl)cc1. The van der Waals surface area contributed by atoms with E-state index in [9.17, 15) is 9.59 Å². The van der Waals surface area contributed by atoms with Crippen LogP contribution in [0.3, 0.4) is 0 Å². The number of hydrogen-bond donors (Lipinski definition) is 1. The Hall–Kier alpha value is -2.53. The van der Waals surface area contributed by atoms with Gasteiger partial charge in [-0.2, -0.15) is 0 Å². The summed E-state index contributed by atoms with van der Waals surface area (Å²) in [6.45, 7) is 0. The Morgan fingerprint density at radius 2 is 1.83 bits per heavy atom. The Kier molecular flexibility index (Phi) is 6.21. The molecule has 0 bridgehead atoms. The average Bonchev–Trinajstić information content (AvgIpc) is 2.61. The summed E-state index contributed by atoms with van der Waals surface area (Å²) < 4.78 is 9.96. The molecule has 24 heavy (non-hydrogen) atoms. The number of halogens is 1. The first kappa shape index (κ1) is 17.8. The third-order valence-corrected chi connectivity index (χ3v) is 3.72. The molecule has 0 aromatic heterocycles. The van der Waals surface area contributed by atoms with Gasteiger partial charge >= 0.3 is 5.97 Å². The average molecular weight is 348 g/mol. The highest BCUT2D eigenvalue weighted by Crippen LogP contribution is 2.15. The molecule has 0 aliphatic carbocycles. The van der Waals surface area contributed by atoms with Crippen LogP contribution in [0.1, 0.15) is 15.9 Å². The van der Waals surface area contributed by atoms with E-state index in [2.05, 4.69) is 5.32 Å². The van der Waals surface area contributed by atoms with E-state index in [-0.39, 0.29) is 5.91 Å². The zero-order valence-electron chi connectivity index (χ0n) is 13.4. The molecule has 1 atom stereocenters. The van der Waals surface area contributed by atoms with E-state index in [0.717, 1.165) is 5.56 Å². The number of ether oxygens (including phenoxy) is 2. The zero-order chi connectivity index (χ0) is 17.5. The molecular weight excluding hydrogens is 330 g/mol. The Labute approximate surface area is 145 Å². The topological polar surface area (TPSA) is 64.6 Å². The molecule has 1 amide bonds. The molecule has 0 heterocycles. The van der Waals surface area contributed by atoms with Crippen molar-refractivity contribution in [3.63, 3.8) is 0 Å². The van der Waals surface area contributed by atoms with Crippen molar-refractivity contribution < 1.29 is 19.1 Å². The number of rotatable bonds is 6. The van der Waals surface area contributed by atoms with E-state index >= 15 is 0 Å². The van der Waals surface area contributed by atoms with Crippen LogP contribution in [0.2, 0.25) is 5.02 Å². The van der Waals surface area contributed by atoms with Crippen molar-refractivity contribution in [2.45, 2.75) is 12.5 Å². The van der Waals surface area contributed by atoms with Gasteiger partial charge in [-0.05, 0) is 42.0 Å². The van der Waals surface area contributed by atoms with E-state index in [1.54, 1.807) is 31.4 Å². The number of esters is 1. The van der Waals surface area contributed by atoms with Gasteiger partial charge in [0.1, 0.15) is 11.8 Å². The zero-order valence-corrected chi connectivity index (χ0v) is 14.2. The fourth-order valence-electron chi connectivity index (χ4n) is 2.21. The minimum Gasteiger partial charge on any atom is -0.497 e. The lowest BCUT2D eigenvalue weighted by Gasteiger charge is -2.17. The second-order valence-corrected chi connectivity index (χ2v) is 5.55.